The highest BCUT2D eigenvalue weighted by atomic mass is 32.1. The van der Waals surface area contributed by atoms with E-state index in [1.807, 2.05) is 6.07 Å². The van der Waals surface area contributed by atoms with E-state index in [2.05, 4.69) is 20.3 Å². The van der Waals surface area contributed by atoms with Gasteiger partial charge in [0.1, 0.15) is 17.6 Å². The van der Waals surface area contributed by atoms with Crippen molar-refractivity contribution in [3.05, 3.63) is 42.1 Å². The molecule has 146 valence electrons. The molecule has 28 heavy (non-hydrogen) atoms. The molecule has 1 saturated heterocycles. The van der Waals surface area contributed by atoms with Crippen LogP contribution in [0, 0.1) is 5.82 Å². The second kappa shape index (κ2) is 7.60. The molecule has 2 aliphatic rings. The Balaban J connectivity index is 1.20. The van der Waals surface area contributed by atoms with Gasteiger partial charge in [0.05, 0.1) is 10.2 Å². The zero-order chi connectivity index (χ0) is 18.9. The fourth-order valence-corrected chi connectivity index (χ4v) is 4.71. The zero-order valence-electron chi connectivity index (χ0n) is 15.3. The van der Waals surface area contributed by atoms with Crippen LogP contribution in [0.5, 0.6) is 5.88 Å². The fourth-order valence-electron chi connectivity index (χ4n) is 3.77. The molecule has 8 heteroatoms. The van der Waals surface area contributed by atoms with Crippen molar-refractivity contribution in [2.24, 2.45) is 0 Å². The van der Waals surface area contributed by atoms with Gasteiger partial charge in [-0.1, -0.05) is 17.4 Å². The minimum Gasteiger partial charge on any atom is -0.473 e. The molecular formula is C20H21FN4O2S. The molecule has 3 heterocycles. The third kappa shape index (κ3) is 3.54. The second-order valence-corrected chi connectivity index (χ2v) is 8.29. The number of anilines is 1. The van der Waals surface area contributed by atoms with Gasteiger partial charge in [0, 0.05) is 50.4 Å². The molecule has 0 atom stereocenters. The normalized spacial score (nSPS) is 22.8. The molecule has 0 unspecified atom stereocenters. The first-order chi connectivity index (χ1) is 13.8. The van der Waals surface area contributed by atoms with Crippen molar-refractivity contribution in [2.45, 2.75) is 43.7 Å². The van der Waals surface area contributed by atoms with Crippen LogP contribution in [-0.2, 0) is 4.74 Å². The van der Waals surface area contributed by atoms with Crippen LogP contribution in [0.25, 0.3) is 10.2 Å². The van der Waals surface area contributed by atoms with Crippen LogP contribution >= 0.6 is 11.3 Å². The zero-order valence-corrected chi connectivity index (χ0v) is 16.1. The lowest BCUT2D eigenvalue weighted by Gasteiger charge is -2.36. The summed E-state index contributed by atoms with van der Waals surface area (Å²) < 4.78 is 26.0. The van der Waals surface area contributed by atoms with Crippen LogP contribution in [-0.4, -0.2) is 40.3 Å². The maximum atomic E-state index is 13.8. The molecule has 1 aromatic carbocycles. The van der Waals surface area contributed by atoms with Gasteiger partial charge < -0.3 is 14.8 Å². The van der Waals surface area contributed by atoms with Gasteiger partial charge in [-0.3, -0.25) is 4.98 Å². The van der Waals surface area contributed by atoms with E-state index >= 15 is 0 Å². The average molecular weight is 400 g/mol. The predicted octanol–water partition coefficient (Wildman–Crippen LogP) is 4.14. The van der Waals surface area contributed by atoms with E-state index in [0.29, 0.717) is 22.0 Å². The Labute approximate surface area is 166 Å². The molecule has 0 amide bonds. The first kappa shape index (κ1) is 17.8. The van der Waals surface area contributed by atoms with Gasteiger partial charge in [0.2, 0.25) is 5.88 Å². The number of nitrogens with one attached hydrogen (secondary N) is 1. The van der Waals surface area contributed by atoms with Crippen molar-refractivity contribution in [3.8, 4) is 5.88 Å². The van der Waals surface area contributed by atoms with Crippen molar-refractivity contribution >= 4 is 26.7 Å². The van der Waals surface area contributed by atoms with E-state index < -0.39 is 0 Å². The quantitative estimate of drug-likeness (QED) is 0.694. The number of hydrogen-bond acceptors (Lipinski definition) is 7. The van der Waals surface area contributed by atoms with E-state index in [1.54, 1.807) is 18.5 Å². The Bertz CT molecular complexity index is 970. The first-order valence-corrected chi connectivity index (χ1v) is 10.4. The van der Waals surface area contributed by atoms with Crippen LogP contribution in [0.3, 0.4) is 0 Å². The lowest BCUT2D eigenvalue weighted by Crippen LogP contribution is -2.42. The monoisotopic (exact) mass is 400 g/mol. The number of thiazole rings is 1. The molecule has 1 N–H and O–H groups in total. The van der Waals surface area contributed by atoms with Crippen molar-refractivity contribution < 1.29 is 13.9 Å². The molecule has 0 bridgehead atoms. The van der Waals surface area contributed by atoms with E-state index in [-0.39, 0.29) is 18.0 Å². The Hall–Kier alpha value is -2.32. The second-order valence-electron chi connectivity index (χ2n) is 7.29. The summed E-state index contributed by atoms with van der Waals surface area (Å²) in [4.78, 5) is 13.4. The molecule has 1 aliphatic heterocycles. The molecule has 6 nitrogen and oxygen atoms in total. The van der Waals surface area contributed by atoms with Gasteiger partial charge in [-0.25, -0.2) is 14.4 Å². The third-order valence-electron chi connectivity index (χ3n) is 5.37. The minimum absolute atomic E-state index is 0.110. The van der Waals surface area contributed by atoms with Crippen molar-refractivity contribution in [2.75, 3.05) is 18.5 Å². The number of nitrogens with zero attached hydrogens (tertiary/aromatic N) is 3. The topological polar surface area (TPSA) is 69.2 Å². The van der Waals surface area contributed by atoms with Gasteiger partial charge in [0.15, 0.2) is 5.13 Å². The van der Waals surface area contributed by atoms with E-state index in [1.165, 1.54) is 17.4 Å². The molecule has 3 aromatic rings. The highest BCUT2D eigenvalue weighted by Gasteiger charge is 2.33. The summed E-state index contributed by atoms with van der Waals surface area (Å²) in [6.07, 6.45) is 7.16. The summed E-state index contributed by atoms with van der Waals surface area (Å²) >= 11 is 1.36. The van der Waals surface area contributed by atoms with Gasteiger partial charge in [-0.15, -0.1) is 0 Å². The Morgan fingerprint density at radius 3 is 2.79 bits per heavy atom. The van der Waals surface area contributed by atoms with Crippen molar-refractivity contribution in [1.82, 2.24) is 15.0 Å². The molecule has 0 radical (unpaired) electrons. The smallest absolute Gasteiger partial charge is 0.236 e. The molecule has 1 aliphatic carbocycles. The van der Waals surface area contributed by atoms with Crippen LogP contribution in [0.15, 0.2) is 30.6 Å². The van der Waals surface area contributed by atoms with E-state index in [0.717, 1.165) is 49.7 Å². The summed E-state index contributed by atoms with van der Waals surface area (Å²) in [5.41, 5.74) is 1.64. The largest absolute Gasteiger partial charge is 0.473 e. The van der Waals surface area contributed by atoms with E-state index in [4.69, 9.17) is 9.47 Å². The summed E-state index contributed by atoms with van der Waals surface area (Å²) in [6.45, 7) is 1.53. The number of halogens is 1. The lowest BCUT2D eigenvalue weighted by molar-refractivity contribution is 0.0780. The standard InChI is InChI=1S/C20H21FN4O2S/c21-15-2-1-3-16-18(15)28-20(25-16)24-13-10-14(11-13)27-19-17(22-6-7-23-19)12-4-8-26-9-5-12/h1-3,6-7,12-14H,4-5,8-11H2,(H,24,25)/t13-,14+. The Morgan fingerprint density at radius 1 is 1.14 bits per heavy atom. The molecule has 2 fully saturated rings. The SMILES string of the molecule is Fc1cccc2nc(N[C@H]3C[C@@H](Oc4nccnc4C4CCOCC4)C3)sc12. The molecule has 1 saturated carbocycles. The average Bonchev–Trinajstić information content (AvgIpc) is 3.11. The molecule has 0 spiro atoms. The molecule has 5 rings (SSSR count). The number of rotatable bonds is 5. The number of fused-ring (bicyclic) bond motifs is 1. The summed E-state index contributed by atoms with van der Waals surface area (Å²) in [5.74, 6) is 0.783. The van der Waals surface area contributed by atoms with Crippen LogP contribution in [0.2, 0.25) is 0 Å². The summed E-state index contributed by atoms with van der Waals surface area (Å²) in [5, 5.41) is 4.15. The van der Waals surface area contributed by atoms with Crippen LogP contribution in [0.4, 0.5) is 9.52 Å². The third-order valence-corrected chi connectivity index (χ3v) is 6.38. The van der Waals surface area contributed by atoms with Crippen molar-refractivity contribution in [1.29, 1.82) is 0 Å². The maximum absolute atomic E-state index is 13.8. The first-order valence-electron chi connectivity index (χ1n) is 9.63. The number of hydrogen-bond donors (Lipinski definition) is 1. The Morgan fingerprint density at radius 2 is 1.96 bits per heavy atom. The summed E-state index contributed by atoms with van der Waals surface area (Å²) in [7, 11) is 0. The highest BCUT2D eigenvalue weighted by Crippen LogP contribution is 2.35. The maximum Gasteiger partial charge on any atom is 0.236 e. The van der Waals surface area contributed by atoms with Gasteiger partial charge >= 0.3 is 0 Å². The minimum atomic E-state index is -0.221. The summed E-state index contributed by atoms with van der Waals surface area (Å²) in [6, 6.07) is 5.26. The number of aromatic nitrogens is 3. The van der Waals surface area contributed by atoms with Crippen LogP contribution < -0.4 is 10.1 Å². The fraction of sp³-hybridized carbons (Fsp3) is 0.450. The lowest BCUT2D eigenvalue weighted by atomic mass is 9.89. The Kier molecular flexibility index (Phi) is 4.82. The number of benzene rings is 1. The predicted molar refractivity (Wildman–Crippen MR) is 105 cm³/mol. The van der Waals surface area contributed by atoms with E-state index in [9.17, 15) is 4.39 Å². The van der Waals surface area contributed by atoms with Gasteiger partial charge in [0.25, 0.3) is 0 Å². The van der Waals surface area contributed by atoms with Gasteiger partial charge in [-0.2, -0.15) is 0 Å². The molecule has 2 aromatic heterocycles. The highest BCUT2D eigenvalue weighted by molar-refractivity contribution is 7.22. The van der Waals surface area contributed by atoms with Crippen LogP contribution in [0.1, 0.15) is 37.3 Å². The number of ether oxygens (including phenoxy) is 2. The van der Waals surface area contributed by atoms with Gasteiger partial charge in [-0.05, 0) is 25.0 Å². The van der Waals surface area contributed by atoms with Crippen molar-refractivity contribution in [3.63, 3.8) is 0 Å². The molecular weight excluding hydrogens is 379 g/mol.